The molecule has 2 aromatic rings. The third kappa shape index (κ3) is 2.83. The van der Waals surface area contributed by atoms with Crippen LogP contribution in [-0.2, 0) is 10.0 Å². The Morgan fingerprint density at radius 1 is 1.11 bits per heavy atom. The topological polar surface area (TPSA) is 46.2 Å². The first-order chi connectivity index (χ1) is 8.42. The zero-order valence-electron chi connectivity index (χ0n) is 8.65. The summed E-state index contributed by atoms with van der Waals surface area (Å²) in [6, 6.07) is 8.55. The molecule has 0 aliphatic heterocycles. The monoisotopic (exact) mass is 385 g/mol. The van der Waals surface area contributed by atoms with Crippen molar-refractivity contribution in [1.82, 2.24) is 0 Å². The van der Waals surface area contributed by atoms with Gasteiger partial charge in [0.25, 0.3) is 10.0 Å². The van der Waals surface area contributed by atoms with E-state index < -0.39 is 10.0 Å². The Balaban J connectivity index is 2.43. The van der Waals surface area contributed by atoms with Crippen molar-refractivity contribution in [2.24, 2.45) is 0 Å². The SMILES string of the molecule is O=S(=O)(Nc1ccccc1)c1c(Cl)sc(Cl)c1Br. The molecule has 0 saturated heterocycles. The van der Waals surface area contributed by atoms with Crippen molar-refractivity contribution in [2.75, 3.05) is 4.72 Å². The second-order valence-corrected chi connectivity index (χ2v) is 7.90. The minimum Gasteiger partial charge on any atom is -0.280 e. The van der Waals surface area contributed by atoms with Crippen molar-refractivity contribution in [3.05, 3.63) is 43.5 Å². The van der Waals surface area contributed by atoms with Gasteiger partial charge in [-0.3, -0.25) is 4.72 Å². The highest BCUT2D eigenvalue weighted by Crippen LogP contribution is 2.43. The average molecular weight is 387 g/mol. The van der Waals surface area contributed by atoms with Gasteiger partial charge in [0.2, 0.25) is 0 Å². The largest absolute Gasteiger partial charge is 0.280 e. The van der Waals surface area contributed by atoms with Gasteiger partial charge < -0.3 is 0 Å². The molecule has 8 heteroatoms. The van der Waals surface area contributed by atoms with Gasteiger partial charge in [0, 0.05) is 5.69 Å². The summed E-state index contributed by atoms with van der Waals surface area (Å²) >= 11 is 15.8. The minimum absolute atomic E-state index is 0.0389. The molecule has 18 heavy (non-hydrogen) atoms. The molecular weight excluding hydrogens is 381 g/mol. The molecule has 3 nitrogen and oxygen atoms in total. The fourth-order valence-electron chi connectivity index (χ4n) is 1.28. The van der Waals surface area contributed by atoms with Crippen LogP contribution < -0.4 is 4.72 Å². The smallest absolute Gasteiger partial charge is 0.265 e. The number of thiophene rings is 1. The number of sulfonamides is 1. The average Bonchev–Trinajstić information content (AvgIpc) is 2.54. The fourth-order valence-corrected chi connectivity index (χ4v) is 5.90. The molecule has 1 N–H and O–H groups in total. The molecule has 0 unspecified atom stereocenters. The Kier molecular flexibility index (Phi) is 4.23. The van der Waals surface area contributed by atoms with Crippen LogP contribution in [0.15, 0.2) is 39.7 Å². The molecule has 0 aliphatic rings. The molecule has 96 valence electrons. The maximum atomic E-state index is 12.2. The molecule has 0 atom stereocenters. The standard InChI is InChI=1S/C10H6BrCl2NO2S2/c11-7-8(10(13)17-9(7)12)18(15,16)14-6-4-2-1-3-5-6/h1-5,14H. The van der Waals surface area contributed by atoms with E-state index in [9.17, 15) is 8.42 Å². The normalized spacial score (nSPS) is 11.5. The van der Waals surface area contributed by atoms with Crippen LogP contribution in [0.1, 0.15) is 0 Å². The predicted molar refractivity (Wildman–Crippen MR) is 79.3 cm³/mol. The first-order valence-electron chi connectivity index (χ1n) is 4.63. The van der Waals surface area contributed by atoms with E-state index >= 15 is 0 Å². The van der Waals surface area contributed by atoms with Gasteiger partial charge in [-0.25, -0.2) is 8.42 Å². The molecule has 0 amide bonds. The maximum Gasteiger partial charge on any atom is 0.265 e. The number of rotatable bonds is 3. The van der Waals surface area contributed by atoms with E-state index in [0.29, 0.717) is 10.0 Å². The molecule has 0 aliphatic carbocycles. The molecule has 0 bridgehead atoms. The number of para-hydroxylation sites is 1. The first-order valence-corrected chi connectivity index (χ1v) is 8.48. The van der Waals surface area contributed by atoms with Gasteiger partial charge in [-0.2, -0.15) is 0 Å². The van der Waals surface area contributed by atoms with E-state index in [0.717, 1.165) is 11.3 Å². The highest BCUT2D eigenvalue weighted by Gasteiger charge is 2.26. The summed E-state index contributed by atoms with van der Waals surface area (Å²) in [5.41, 5.74) is 0.461. The lowest BCUT2D eigenvalue weighted by atomic mass is 10.3. The van der Waals surface area contributed by atoms with E-state index in [1.807, 2.05) is 0 Å². The summed E-state index contributed by atoms with van der Waals surface area (Å²) in [7, 11) is -3.76. The lowest BCUT2D eigenvalue weighted by Crippen LogP contribution is -2.12. The maximum absolute atomic E-state index is 12.2. The third-order valence-electron chi connectivity index (χ3n) is 2.02. The lowest BCUT2D eigenvalue weighted by molar-refractivity contribution is 0.601. The molecule has 2 rings (SSSR count). The summed E-state index contributed by atoms with van der Waals surface area (Å²) in [6.07, 6.45) is 0. The third-order valence-corrected chi connectivity index (χ3v) is 6.87. The van der Waals surface area contributed by atoms with Crippen molar-refractivity contribution in [3.63, 3.8) is 0 Å². The molecule has 1 aromatic carbocycles. The van der Waals surface area contributed by atoms with Crippen LogP contribution in [0.5, 0.6) is 0 Å². The number of anilines is 1. The summed E-state index contributed by atoms with van der Waals surface area (Å²) in [4.78, 5) is -0.0389. The minimum atomic E-state index is -3.76. The van der Waals surface area contributed by atoms with E-state index in [1.165, 1.54) is 0 Å². The van der Waals surface area contributed by atoms with Crippen LogP contribution in [0.25, 0.3) is 0 Å². The fraction of sp³-hybridized carbons (Fsp3) is 0. The molecule has 0 radical (unpaired) electrons. The zero-order chi connectivity index (χ0) is 13.3. The first kappa shape index (κ1) is 14.1. The van der Waals surface area contributed by atoms with Gasteiger partial charge in [-0.05, 0) is 28.1 Å². The summed E-state index contributed by atoms with van der Waals surface area (Å²) < 4.78 is 27.5. The van der Waals surface area contributed by atoms with Crippen molar-refractivity contribution in [3.8, 4) is 0 Å². The Morgan fingerprint density at radius 2 is 1.72 bits per heavy atom. The van der Waals surface area contributed by atoms with E-state index in [2.05, 4.69) is 20.7 Å². The lowest BCUT2D eigenvalue weighted by Gasteiger charge is -2.07. The molecule has 1 aromatic heterocycles. The van der Waals surface area contributed by atoms with E-state index in [-0.39, 0.29) is 13.7 Å². The van der Waals surface area contributed by atoms with Crippen molar-refractivity contribution in [2.45, 2.75) is 4.90 Å². The Morgan fingerprint density at radius 3 is 2.22 bits per heavy atom. The highest BCUT2D eigenvalue weighted by molar-refractivity contribution is 9.10. The van der Waals surface area contributed by atoms with Crippen molar-refractivity contribution in [1.29, 1.82) is 0 Å². The van der Waals surface area contributed by atoms with Crippen molar-refractivity contribution >= 4 is 66.2 Å². The summed E-state index contributed by atoms with van der Waals surface area (Å²) in [6.45, 7) is 0. The number of halogens is 3. The quantitative estimate of drug-likeness (QED) is 0.836. The number of nitrogens with one attached hydrogen (secondary N) is 1. The number of hydrogen-bond donors (Lipinski definition) is 1. The van der Waals surface area contributed by atoms with Crippen LogP contribution in [0.4, 0.5) is 5.69 Å². The van der Waals surface area contributed by atoms with Crippen LogP contribution in [0.2, 0.25) is 8.67 Å². The second kappa shape index (κ2) is 5.38. The van der Waals surface area contributed by atoms with E-state index in [4.69, 9.17) is 23.2 Å². The van der Waals surface area contributed by atoms with Crippen LogP contribution in [0, 0.1) is 0 Å². The Bertz CT molecular complexity index is 671. The van der Waals surface area contributed by atoms with Gasteiger partial charge in [0.1, 0.15) is 13.6 Å². The summed E-state index contributed by atoms with van der Waals surface area (Å²) in [5.74, 6) is 0. The Hall–Kier alpha value is -0.270. The molecule has 0 spiro atoms. The van der Waals surface area contributed by atoms with Crippen LogP contribution in [0.3, 0.4) is 0 Å². The zero-order valence-corrected chi connectivity index (χ0v) is 13.4. The highest BCUT2D eigenvalue weighted by atomic mass is 79.9. The summed E-state index contributed by atoms with van der Waals surface area (Å²) in [5, 5.41) is 0. The van der Waals surface area contributed by atoms with Crippen molar-refractivity contribution < 1.29 is 8.42 Å². The van der Waals surface area contributed by atoms with Gasteiger partial charge in [-0.15, -0.1) is 11.3 Å². The predicted octanol–water partition coefficient (Wildman–Crippen LogP) is 4.62. The van der Waals surface area contributed by atoms with Crippen LogP contribution >= 0.6 is 50.5 Å². The Labute approximate surface area is 127 Å². The van der Waals surface area contributed by atoms with E-state index in [1.54, 1.807) is 30.3 Å². The number of hydrogen-bond acceptors (Lipinski definition) is 3. The van der Waals surface area contributed by atoms with Gasteiger partial charge in [-0.1, -0.05) is 41.4 Å². The van der Waals surface area contributed by atoms with Gasteiger partial charge in [0.05, 0.1) is 4.47 Å². The van der Waals surface area contributed by atoms with Crippen LogP contribution in [-0.4, -0.2) is 8.42 Å². The van der Waals surface area contributed by atoms with Gasteiger partial charge in [0.15, 0.2) is 0 Å². The second-order valence-electron chi connectivity index (χ2n) is 3.26. The molecule has 0 fully saturated rings. The molecule has 0 saturated carbocycles. The molecular formula is C10H6BrCl2NO2S2. The molecule has 1 heterocycles. The number of benzene rings is 1. The van der Waals surface area contributed by atoms with Gasteiger partial charge >= 0.3 is 0 Å².